The van der Waals surface area contributed by atoms with Gasteiger partial charge in [0, 0.05) is 21.9 Å². The first-order chi connectivity index (χ1) is 23.2. The second-order valence-corrected chi connectivity index (χ2v) is 12.7. The first kappa shape index (κ1) is 26.6. The molecule has 7 aromatic rings. The van der Waals surface area contributed by atoms with Crippen molar-refractivity contribution in [3.8, 4) is 27.9 Å². The molecule has 0 fully saturated rings. The molecule has 3 aliphatic rings. The molecule has 0 saturated heterocycles. The number of rotatable bonds is 3. The first-order valence-corrected chi connectivity index (χ1v) is 16.2. The molecular formula is C43H28BNO2. The number of hydrogen-bond donors (Lipinski definition) is 2. The zero-order valence-electron chi connectivity index (χ0n) is 25.5. The van der Waals surface area contributed by atoms with Crippen LogP contribution in [-0.2, 0) is 5.41 Å². The lowest BCUT2D eigenvalue weighted by atomic mass is 9.69. The predicted molar refractivity (Wildman–Crippen MR) is 191 cm³/mol. The summed E-state index contributed by atoms with van der Waals surface area (Å²) in [7, 11) is -1.60. The minimum absolute atomic E-state index is 0.410. The smallest absolute Gasteiger partial charge is 0.423 e. The fourth-order valence-electron chi connectivity index (χ4n) is 8.89. The molecule has 4 heteroatoms. The second-order valence-electron chi connectivity index (χ2n) is 12.7. The molecule has 220 valence electrons. The summed E-state index contributed by atoms with van der Waals surface area (Å²) >= 11 is 0. The van der Waals surface area contributed by atoms with Crippen LogP contribution < -0.4 is 5.46 Å². The molecule has 1 spiro atoms. The summed E-state index contributed by atoms with van der Waals surface area (Å²) in [5, 5.41) is 23.1. The maximum atomic E-state index is 10.4. The molecule has 0 bridgehead atoms. The van der Waals surface area contributed by atoms with Crippen LogP contribution in [0.5, 0.6) is 0 Å². The normalized spacial score (nSPS) is 15.1. The van der Waals surface area contributed by atoms with Gasteiger partial charge in [0.05, 0.1) is 16.4 Å². The third-order valence-corrected chi connectivity index (χ3v) is 10.6. The summed E-state index contributed by atoms with van der Waals surface area (Å²) in [6.07, 6.45) is 6.69. The van der Waals surface area contributed by atoms with Crippen LogP contribution in [-0.4, -0.2) is 21.7 Å². The second kappa shape index (κ2) is 9.70. The van der Waals surface area contributed by atoms with Gasteiger partial charge in [0.15, 0.2) is 0 Å². The van der Waals surface area contributed by atoms with Crippen molar-refractivity contribution in [2.75, 3.05) is 0 Å². The lowest BCUT2D eigenvalue weighted by Crippen LogP contribution is -2.31. The highest BCUT2D eigenvalue weighted by molar-refractivity contribution is 6.60. The van der Waals surface area contributed by atoms with Crippen LogP contribution in [0.4, 0.5) is 0 Å². The van der Waals surface area contributed by atoms with Crippen molar-refractivity contribution >= 4 is 40.0 Å². The van der Waals surface area contributed by atoms with Crippen molar-refractivity contribution in [1.29, 1.82) is 0 Å². The summed E-state index contributed by atoms with van der Waals surface area (Å²) in [5.41, 5.74) is 15.4. The van der Waals surface area contributed by atoms with E-state index in [2.05, 4.69) is 114 Å². The Labute approximate surface area is 273 Å². The Kier molecular flexibility index (Phi) is 5.49. The van der Waals surface area contributed by atoms with Gasteiger partial charge in [-0.15, -0.1) is 0 Å². The molecular weight excluding hydrogens is 573 g/mol. The Hall–Kier alpha value is -5.60. The highest BCUT2D eigenvalue weighted by atomic mass is 16.4. The number of allylic oxidation sites excluding steroid dienone is 4. The number of aromatic nitrogens is 1. The lowest BCUT2D eigenvalue weighted by Gasteiger charge is -2.32. The van der Waals surface area contributed by atoms with Crippen molar-refractivity contribution in [1.82, 2.24) is 4.57 Å². The minimum Gasteiger partial charge on any atom is -0.423 e. The zero-order valence-corrected chi connectivity index (χ0v) is 25.5. The summed E-state index contributed by atoms with van der Waals surface area (Å²) in [4.78, 5) is 0. The van der Waals surface area contributed by atoms with E-state index in [4.69, 9.17) is 0 Å². The molecule has 0 amide bonds. The van der Waals surface area contributed by atoms with Crippen LogP contribution in [0.25, 0.3) is 55.3 Å². The van der Waals surface area contributed by atoms with Gasteiger partial charge in [-0.25, -0.2) is 0 Å². The molecule has 2 N–H and O–H groups in total. The van der Waals surface area contributed by atoms with Crippen LogP contribution in [0, 0.1) is 12.1 Å². The number of nitrogens with zero attached hydrogens (tertiary/aromatic N) is 1. The van der Waals surface area contributed by atoms with E-state index in [0.29, 0.717) is 5.46 Å². The van der Waals surface area contributed by atoms with Crippen LogP contribution in [0.3, 0.4) is 0 Å². The first-order valence-electron chi connectivity index (χ1n) is 16.2. The van der Waals surface area contributed by atoms with Crippen LogP contribution >= 0.6 is 0 Å². The standard InChI is InChI=1S/C43H28BNO2/c46-44(47)38-22-10-4-15-29(38)30-16-5-11-23-39(30)45-40-24-12-6-17-31(40)32-25-26-37-41(42(32)45)33-18-3-9-21-36(33)43(37)34-19-7-1-13-27(34)28-14-2-8-20-35(28)43/h1-2,4-10,12-17,19-22,24-26,46-47H,3,18H2. The quantitative estimate of drug-likeness (QED) is 0.201. The molecule has 0 saturated carbocycles. The number of benzene rings is 5. The molecule has 1 heterocycles. The maximum absolute atomic E-state index is 10.4. The van der Waals surface area contributed by atoms with E-state index < -0.39 is 12.5 Å². The fraction of sp³-hybridized carbons (Fsp3) is 0.0698. The molecule has 3 aliphatic carbocycles. The van der Waals surface area contributed by atoms with Crippen LogP contribution in [0.2, 0.25) is 0 Å². The van der Waals surface area contributed by atoms with Gasteiger partial charge in [0.25, 0.3) is 0 Å². The minimum atomic E-state index is -1.60. The van der Waals surface area contributed by atoms with E-state index in [-0.39, 0.29) is 0 Å². The molecule has 10 rings (SSSR count). The van der Waals surface area contributed by atoms with Gasteiger partial charge in [0.2, 0.25) is 0 Å². The topological polar surface area (TPSA) is 45.4 Å². The largest absolute Gasteiger partial charge is 0.489 e. The van der Waals surface area contributed by atoms with Gasteiger partial charge in [0.1, 0.15) is 5.69 Å². The van der Waals surface area contributed by atoms with Crippen LogP contribution in [0.15, 0.2) is 139 Å². The molecule has 6 aromatic carbocycles. The summed E-state index contributed by atoms with van der Waals surface area (Å²) in [5.74, 6) is 0. The molecule has 0 unspecified atom stereocenters. The van der Waals surface area contributed by atoms with Crippen molar-refractivity contribution in [2.45, 2.75) is 18.3 Å². The number of para-hydroxylation sites is 1. The van der Waals surface area contributed by atoms with Gasteiger partial charge in [-0.2, -0.15) is 0 Å². The van der Waals surface area contributed by atoms with E-state index in [1.807, 2.05) is 30.3 Å². The van der Waals surface area contributed by atoms with Crippen molar-refractivity contribution in [3.05, 3.63) is 173 Å². The van der Waals surface area contributed by atoms with Crippen molar-refractivity contribution < 1.29 is 10.0 Å². The Balaban J connectivity index is 1.38. The van der Waals surface area contributed by atoms with E-state index in [1.165, 1.54) is 55.3 Å². The summed E-state index contributed by atoms with van der Waals surface area (Å²) in [6.45, 7) is 0. The van der Waals surface area contributed by atoms with Gasteiger partial charge >= 0.3 is 7.12 Å². The van der Waals surface area contributed by atoms with E-state index >= 15 is 0 Å². The van der Waals surface area contributed by atoms with E-state index in [9.17, 15) is 10.0 Å². The van der Waals surface area contributed by atoms with Gasteiger partial charge in [-0.3, -0.25) is 0 Å². The number of fused-ring (bicyclic) bond motifs is 13. The zero-order chi connectivity index (χ0) is 31.3. The molecule has 47 heavy (non-hydrogen) atoms. The maximum Gasteiger partial charge on any atom is 0.489 e. The Morgan fingerprint density at radius 2 is 1.36 bits per heavy atom. The average Bonchev–Trinajstić information content (AvgIpc) is 3.73. The monoisotopic (exact) mass is 601 g/mol. The fourth-order valence-corrected chi connectivity index (χ4v) is 8.89. The average molecular weight is 602 g/mol. The lowest BCUT2D eigenvalue weighted by molar-refractivity contribution is 0.426. The highest BCUT2D eigenvalue weighted by Crippen LogP contribution is 2.64. The summed E-state index contributed by atoms with van der Waals surface area (Å²) in [6, 6.07) is 49.3. The number of hydrogen-bond acceptors (Lipinski definition) is 2. The molecule has 0 aliphatic heterocycles. The van der Waals surface area contributed by atoms with Crippen molar-refractivity contribution in [3.63, 3.8) is 0 Å². The SMILES string of the molecule is OB(O)c1ccccc1-c1ccc#cc1-n1c2ccccc2c2ccc3c(c21)C1=C(C=CCC1)C31c2ccccc2-c2ccccc21. The van der Waals surface area contributed by atoms with E-state index in [1.54, 1.807) is 6.07 Å². The van der Waals surface area contributed by atoms with Gasteiger partial charge in [-0.05, 0) is 87.1 Å². The molecule has 0 atom stereocenters. The predicted octanol–water partition coefficient (Wildman–Crippen LogP) is 8.16. The third kappa shape index (κ3) is 3.35. The van der Waals surface area contributed by atoms with Gasteiger partial charge in [-0.1, -0.05) is 121 Å². The molecule has 1 aromatic heterocycles. The van der Waals surface area contributed by atoms with E-state index in [0.717, 1.165) is 40.7 Å². The van der Waals surface area contributed by atoms with Crippen molar-refractivity contribution in [2.24, 2.45) is 0 Å². The van der Waals surface area contributed by atoms with Crippen LogP contribution in [0.1, 0.15) is 35.1 Å². The summed E-state index contributed by atoms with van der Waals surface area (Å²) < 4.78 is 2.35. The Morgan fingerprint density at radius 3 is 2.15 bits per heavy atom. The third-order valence-electron chi connectivity index (χ3n) is 10.6. The molecule has 0 radical (unpaired) electrons. The molecule has 3 nitrogen and oxygen atoms in total. The highest BCUT2D eigenvalue weighted by Gasteiger charge is 2.53. The Morgan fingerprint density at radius 1 is 0.660 bits per heavy atom. The Bertz CT molecular complexity index is 2470. The van der Waals surface area contributed by atoms with Gasteiger partial charge < -0.3 is 14.6 Å².